The standard InChI is InChI=1S/C14H25NO3/c1-9-4-10(2)6-11(5-9)18-14(16)12-7-17-8-13(12)15-3/h9-13,15H,4-8H2,1-3H3. The highest BCUT2D eigenvalue weighted by Crippen LogP contribution is 2.31. The van der Waals surface area contributed by atoms with Gasteiger partial charge < -0.3 is 14.8 Å². The third kappa shape index (κ3) is 3.23. The Balaban J connectivity index is 1.86. The first-order valence-corrected chi connectivity index (χ1v) is 7.05. The van der Waals surface area contributed by atoms with Gasteiger partial charge in [-0.05, 0) is 38.1 Å². The third-order valence-corrected chi connectivity index (χ3v) is 4.17. The van der Waals surface area contributed by atoms with Crippen molar-refractivity contribution in [2.45, 2.75) is 45.3 Å². The molecule has 4 heteroatoms. The van der Waals surface area contributed by atoms with E-state index in [1.165, 1.54) is 6.42 Å². The Labute approximate surface area is 109 Å². The summed E-state index contributed by atoms with van der Waals surface area (Å²) in [5.41, 5.74) is 0. The second-order valence-electron chi connectivity index (χ2n) is 6.02. The normalized spacial score (nSPS) is 40.7. The lowest BCUT2D eigenvalue weighted by atomic mass is 9.82. The first kappa shape index (κ1) is 13.8. The maximum atomic E-state index is 12.2. The first-order valence-electron chi connectivity index (χ1n) is 7.05. The topological polar surface area (TPSA) is 47.6 Å². The van der Waals surface area contributed by atoms with Crippen LogP contribution in [0.2, 0.25) is 0 Å². The van der Waals surface area contributed by atoms with Crippen LogP contribution in [0.1, 0.15) is 33.1 Å². The molecular weight excluding hydrogens is 230 g/mol. The highest BCUT2D eigenvalue weighted by molar-refractivity contribution is 5.74. The summed E-state index contributed by atoms with van der Waals surface area (Å²) in [4.78, 5) is 12.2. The van der Waals surface area contributed by atoms with Gasteiger partial charge in [0, 0.05) is 6.04 Å². The lowest BCUT2D eigenvalue weighted by molar-refractivity contribution is -0.157. The van der Waals surface area contributed by atoms with Crippen LogP contribution in [0.5, 0.6) is 0 Å². The molecule has 1 aliphatic heterocycles. The van der Waals surface area contributed by atoms with Crippen molar-refractivity contribution in [2.75, 3.05) is 20.3 Å². The average Bonchev–Trinajstić information content (AvgIpc) is 2.75. The summed E-state index contributed by atoms with van der Waals surface area (Å²) in [7, 11) is 1.87. The highest BCUT2D eigenvalue weighted by atomic mass is 16.5. The lowest BCUT2D eigenvalue weighted by Crippen LogP contribution is -2.40. The zero-order chi connectivity index (χ0) is 13.1. The van der Waals surface area contributed by atoms with Crippen molar-refractivity contribution in [2.24, 2.45) is 17.8 Å². The third-order valence-electron chi connectivity index (χ3n) is 4.17. The van der Waals surface area contributed by atoms with E-state index in [0.29, 0.717) is 25.0 Å². The van der Waals surface area contributed by atoms with Crippen molar-refractivity contribution in [1.82, 2.24) is 5.32 Å². The number of esters is 1. The molecule has 2 aliphatic rings. The van der Waals surface area contributed by atoms with Crippen LogP contribution in [0.25, 0.3) is 0 Å². The molecule has 0 bridgehead atoms. The number of carbonyl (C=O) groups excluding carboxylic acids is 1. The van der Waals surface area contributed by atoms with Gasteiger partial charge in [0.1, 0.15) is 6.10 Å². The van der Waals surface area contributed by atoms with E-state index in [4.69, 9.17) is 9.47 Å². The summed E-state index contributed by atoms with van der Waals surface area (Å²) >= 11 is 0. The van der Waals surface area contributed by atoms with Gasteiger partial charge in [0.2, 0.25) is 0 Å². The summed E-state index contributed by atoms with van der Waals surface area (Å²) in [6, 6.07) is 0.107. The van der Waals surface area contributed by atoms with Crippen LogP contribution in [-0.2, 0) is 14.3 Å². The van der Waals surface area contributed by atoms with E-state index in [1.54, 1.807) is 0 Å². The van der Waals surface area contributed by atoms with Crippen molar-refractivity contribution >= 4 is 5.97 Å². The molecule has 0 amide bonds. The molecule has 0 aromatic heterocycles. The van der Waals surface area contributed by atoms with Crippen molar-refractivity contribution in [3.8, 4) is 0 Å². The van der Waals surface area contributed by atoms with E-state index in [2.05, 4.69) is 19.2 Å². The van der Waals surface area contributed by atoms with Gasteiger partial charge in [-0.2, -0.15) is 0 Å². The van der Waals surface area contributed by atoms with Crippen molar-refractivity contribution < 1.29 is 14.3 Å². The smallest absolute Gasteiger partial charge is 0.313 e. The van der Waals surface area contributed by atoms with Gasteiger partial charge in [0.15, 0.2) is 0 Å². The molecule has 1 heterocycles. The number of nitrogens with one attached hydrogen (secondary N) is 1. The van der Waals surface area contributed by atoms with Crippen LogP contribution >= 0.6 is 0 Å². The Bertz CT molecular complexity index is 285. The summed E-state index contributed by atoms with van der Waals surface area (Å²) in [6.07, 6.45) is 3.37. The molecule has 2 fully saturated rings. The van der Waals surface area contributed by atoms with E-state index >= 15 is 0 Å². The zero-order valence-corrected chi connectivity index (χ0v) is 11.6. The summed E-state index contributed by atoms with van der Waals surface area (Å²) in [5, 5.41) is 3.12. The molecule has 0 aromatic carbocycles. The monoisotopic (exact) mass is 255 g/mol. The molecule has 0 radical (unpaired) electrons. The van der Waals surface area contributed by atoms with Crippen LogP contribution in [-0.4, -0.2) is 38.4 Å². The minimum absolute atomic E-state index is 0.0850. The molecule has 4 unspecified atom stereocenters. The summed E-state index contributed by atoms with van der Waals surface area (Å²) in [6.45, 7) is 5.58. The van der Waals surface area contributed by atoms with E-state index in [-0.39, 0.29) is 24.0 Å². The Morgan fingerprint density at radius 2 is 1.83 bits per heavy atom. The molecule has 4 nitrogen and oxygen atoms in total. The maximum Gasteiger partial charge on any atom is 0.313 e. The van der Waals surface area contributed by atoms with Crippen LogP contribution in [0, 0.1) is 17.8 Å². The van der Waals surface area contributed by atoms with Crippen LogP contribution < -0.4 is 5.32 Å². The predicted octanol–water partition coefficient (Wildman–Crippen LogP) is 1.59. The molecule has 1 aliphatic carbocycles. The molecular formula is C14H25NO3. The minimum atomic E-state index is -0.137. The quantitative estimate of drug-likeness (QED) is 0.778. The van der Waals surface area contributed by atoms with Gasteiger partial charge in [-0.25, -0.2) is 0 Å². The fourth-order valence-electron chi connectivity index (χ4n) is 3.29. The fraction of sp³-hybridized carbons (Fsp3) is 0.929. The Morgan fingerprint density at radius 3 is 2.44 bits per heavy atom. The van der Waals surface area contributed by atoms with Gasteiger partial charge in [-0.3, -0.25) is 4.79 Å². The highest BCUT2D eigenvalue weighted by Gasteiger charge is 2.36. The Kier molecular flexibility index (Phi) is 4.62. The molecule has 2 rings (SSSR count). The molecule has 0 spiro atoms. The lowest BCUT2D eigenvalue weighted by Gasteiger charge is -2.32. The minimum Gasteiger partial charge on any atom is -0.462 e. The largest absolute Gasteiger partial charge is 0.462 e. The van der Waals surface area contributed by atoms with Gasteiger partial charge in [-0.15, -0.1) is 0 Å². The maximum absolute atomic E-state index is 12.2. The average molecular weight is 255 g/mol. The number of ether oxygens (including phenoxy) is 2. The van der Waals surface area contributed by atoms with E-state index in [0.717, 1.165) is 12.8 Å². The summed E-state index contributed by atoms with van der Waals surface area (Å²) < 4.78 is 11.0. The SMILES string of the molecule is CNC1COCC1C(=O)OC1CC(C)CC(C)C1. The van der Waals surface area contributed by atoms with E-state index in [1.807, 2.05) is 7.05 Å². The van der Waals surface area contributed by atoms with Crippen LogP contribution in [0.4, 0.5) is 0 Å². The van der Waals surface area contributed by atoms with Crippen molar-refractivity contribution in [3.05, 3.63) is 0 Å². The number of carbonyl (C=O) groups is 1. The Morgan fingerprint density at radius 1 is 1.17 bits per heavy atom. The fourth-order valence-corrected chi connectivity index (χ4v) is 3.29. The van der Waals surface area contributed by atoms with Crippen LogP contribution in [0.15, 0.2) is 0 Å². The van der Waals surface area contributed by atoms with Gasteiger partial charge >= 0.3 is 5.97 Å². The number of likely N-dealkylation sites (N-methyl/N-ethyl adjacent to an activating group) is 1. The molecule has 4 atom stereocenters. The van der Waals surface area contributed by atoms with Crippen molar-refractivity contribution in [3.63, 3.8) is 0 Å². The van der Waals surface area contributed by atoms with Gasteiger partial charge in [0.25, 0.3) is 0 Å². The molecule has 104 valence electrons. The van der Waals surface area contributed by atoms with E-state index < -0.39 is 0 Å². The van der Waals surface area contributed by atoms with Crippen molar-refractivity contribution in [1.29, 1.82) is 0 Å². The van der Waals surface area contributed by atoms with Gasteiger partial charge in [-0.1, -0.05) is 13.8 Å². The summed E-state index contributed by atoms with van der Waals surface area (Å²) in [5.74, 6) is 1.10. The van der Waals surface area contributed by atoms with Gasteiger partial charge in [0.05, 0.1) is 19.1 Å². The molecule has 1 N–H and O–H groups in total. The number of hydrogen-bond acceptors (Lipinski definition) is 4. The molecule has 1 saturated heterocycles. The molecule has 0 aromatic rings. The number of hydrogen-bond donors (Lipinski definition) is 1. The van der Waals surface area contributed by atoms with E-state index in [9.17, 15) is 4.79 Å². The Hall–Kier alpha value is -0.610. The second kappa shape index (κ2) is 6.02. The van der Waals surface area contributed by atoms with Crippen LogP contribution in [0.3, 0.4) is 0 Å². The molecule has 1 saturated carbocycles. The number of rotatable bonds is 3. The first-order chi connectivity index (χ1) is 8.60. The predicted molar refractivity (Wildman–Crippen MR) is 69.2 cm³/mol. The molecule has 18 heavy (non-hydrogen) atoms. The second-order valence-corrected chi connectivity index (χ2v) is 6.02. The zero-order valence-electron chi connectivity index (χ0n) is 11.6.